The molecule has 0 bridgehead atoms. The lowest BCUT2D eigenvalue weighted by molar-refractivity contribution is 0.102. The molecule has 33 heavy (non-hydrogen) atoms. The third kappa shape index (κ3) is 5.46. The van der Waals surface area contributed by atoms with Gasteiger partial charge in [-0.1, -0.05) is 35.9 Å². The summed E-state index contributed by atoms with van der Waals surface area (Å²) in [6.45, 7) is 2.05. The van der Waals surface area contributed by atoms with Gasteiger partial charge in [-0.05, 0) is 30.7 Å². The number of rotatable bonds is 7. The van der Waals surface area contributed by atoms with Crippen LogP contribution in [0.1, 0.15) is 15.9 Å². The van der Waals surface area contributed by atoms with Crippen LogP contribution >= 0.6 is 0 Å². The van der Waals surface area contributed by atoms with Gasteiger partial charge in [0, 0.05) is 53.1 Å². The Hall–Kier alpha value is -4.39. The first-order valence-corrected chi connectivity index (χ1v) is 10.3. The van der Waals surface area contributed by atoms with Gasteiger partial charge in [0.25, 0.3) is 5.91 Å². The molecular formula is C26H24N4O3. The Kier molecular flexibility index (Phi) is 6.50. The molecule has 0 spiro atoms. The van der Waals surface area contributed by atoms with E-state index in [1.165, 1.54) is 5.56 Å². The van der Waals surface area contributed by atoms with Crippen molar-refractivity contribution in [2.75, 3.05) is 24.9 Å². The van der Waals surface area contributed by atoms with Crippen LogP contribution in [-0.4, -0.2) is 30.1 Å². The fraction of sp³-hybridized carbons (Fsp3) is 0.115. The molecular weight excluding hydrogens is 416 g/mol. The van der Waals surface area contributed by atoms with Gasteiger partial charge in [-0.15, -0.1) is 0 Å². The summed E-state index contributed by atoms with van der Waals surface area (Å²) in [6, 6.07) is 20.5. The van der Waals surface area contributed by atoms with Gasteiger partial charge >= 0.3 is 0 Å². The van der Waals surface area contributed by atoms with Crippen molar-refractivity contribution in [2.45, 2.75) is 6.92 Å². The summed E-state index contributed by atoms with van der Waals surface area (Å²) in [5.74, 6) is 1.36. The first-order chi connectivity index (χ1) is 16.0. The minimum absolute atomic E-state index is 0.260. The number of aromatic nitrogens is 2. The predicted octanol–water partition coefficient (Wildman–Crippen LogP) is 5.47. The molecule has 1 aromatic heterocycles. The van der Waals surface area contributed by atoms with Gasteiger partial charge in [-0.3, -0.25) is 4.79 Å². The maximum atomic E-state index is 12.8. The van der Waals surface area contributed by atoms with Crippen LogP contribution in [0.5, 0.6) is 11.5 Å². The fourth-order valence-corrected chi connectivity index (χ4v) is 3.24. The summed E-state index contributed by atoms with van der Waals surface area (Å²) in [4.78, 5) is 21.6. The highest BCUT2D eigenvalue weighted by atomic mass is 16.5. The van der Waals surface area contributed by atoms with Gasteiger partial charge in [-0.2, -0.15) is 0 Å². The molecule has 0 radical (unpaired) electrons. The molecule has 0 aliphatic heterocycles. The van der Waals surface area contributed by atoms with E-state index in [1.807, 2.05) is 18.2 Å². The van der Waals surface area contributed by atoms with Gasteiger partial charge in [0.2, 0.25) is 5.95 Å². The van der Waals surface area contributed by atoms with E-state index < -0.39 is 0 Å². The van der Waals surface area contributed by atoms with Crippen LogP contribution in [0, 0.1) is 6.92 Å². The summed E-state index contributed by atoms with van der Waals surface area (Å²) in [5.41, 5.74) is 4.95. The number of amides is 1. The average molecular weight is 441 g/mol. The van der Waals surface area contributed by atoms with E-state index in [1.54, 1.807) is 63.0 Å². The summed E-state index contributed by atoms with van der Waals surface area (Å²) in [7, 11) is 3.12. The summed E-state index contributed by atoms with van der Waals surface area (Å²) in [6.07, 6.45) is 3.54. The number of aryl methyl sites for hydroxylation is 1. The van der Waals surface area contributed by atoms with E-state index >= 15 is 0 Å². The molecule has 166 valence electrons. The summed E-state index contributed by atoms with van der Waals surface area (Å²) < 4.78 is 10.5. The number of methoxy groups -OCH3 is 2. The smallest absolute Gasteiger partial charge is 0.255 e. The lowest BCUT2D eigenvalue weighted by Gasteiger charge is -2.11. The standard InChI is InChI=1S/C26H24N4O3/c1-17-7-9-18(10-8-17)20-15-27-26(28-16-20)30-21-6-4-5-19(11-21)25(31)29-22-12-23(32-2)14-24(13-22)33-3/h4-16H,1-3H3,(H,29,31)(H,27,28,30). The molecule has 0 fully saturated rings. The van der Waals surface area contributed by atoms with Crippen molar-refractivity contribution in [1.82, 2.24) is 9.97 Å². The van der Waals surface area contributed by atoms with Crippen LogP contribution in [-0.2, 0) is 0 Å². The van der Waals surface area contributed by atoms with Crippen LogP contribution in [0.4, 0.5) is 17.3 Å². The van der Waals surface area contributed by atoms with E-state index in [0.717, 1.165) is 11.1 Å². The minimum atomic E-state index is -0.260. The van der Waals surface area contributed by atoms with Gasteiger partial charge < -0.3 is 20.1 Å². The third-order valence-electron chi connectivity index (χ3n) is 5.03. The molecule has 0 aliphatic rings. The topological polar surface area (TPSA) is 85.4 Å². The molecule has 1 heterocycles. The van der Waals surface area contributed by atoms with Crippen molar-refractivity contribution >= 4 is 23.2 Å². The number of hydrogen-bond acceptors (Lipinski definition) is 6. The number of anilines is 3. The Balaban J connectivity index is 1.46. The van der Waals surface area contributed by atoms with Crippen molar-refractivity contribution in [3.8, 4) is 22.6 Å². The van der Waals surface area contributed by atoms with Crippen LogP contribution in [0.25, 0.3) is 11.1 Å². The molecule has 1 amide bonds. The first kappa shape index (κ1) is 21.8. The normalized spacial score (nSPS) is 10.4. The molecule has 2 N–H and O–H groups in total. The second-order valence-electron chi connectivity index (χ2n) is 7.42. The number of carbonyl (C=O) groups is 1. The van der Waals surface area contributed by atoms with Gasteiger partial charge in [0.05, 0.1) is 14.2 Å². The number of hydrogen-bond donors (Lipinski definition) is 2. The van der Waals surface area contributed by atoms with Crippen molar-refractivity contribution in [3.05, 3.63) is 90.3 Å². The minimum Gasteiger partial charge on any atom is -0.497 e. The van der Waals surface area contributed by atoms with Gasteiger partial charge in [-0.25, -0.2) is 9.97 Å². The maximum Gasteiger partial charge on any atom is 0.255 e. The largest absolute Gasteiger partial charge is 0.497 e. The predicted molar refractivity (Wildman–Crippen MR) is 129 cm³/mol. The molecule has 7 nitrogen and oxygen atoms in total. The number of benzene rings is 3. The Morgan fingerprint density at radius 2 is 1.45 bits per heavy atom. The number of nitrogens with one attached hydrogen (secondary N) is 2. The zero-order valence-corrected chi connectivity index (χ0v) is 18.6. The van der Waals surface area contributed by atoms with Crippen LogP contribution in [0.2, 0.25) is 0 Å². The highest BCUT2D eigenvalue weighted by Crippen LogP contribution is 2.26. The van der Waals surface area contributed by atoms with Crippen molar-refractivity contribution in [1.29, 1.82) is 0 Å². The number of nitrogens with zero attached hydrogens (tertiary/aromatic N) is 2. The van der Waals surface area contributed by atoms with Crippen LogP contribution in [0.3, 0.4) is 0 Å². The highest BCUT2D eigenvalue weighted by molar-refractivity contribution is 6.05. The number of carbonyl (C=O) groups excluding carboxylic acids is 1. The Morgan fingerprint density at radius 3 is 2.09 bits per heavy atom. The molecule has 7 heteroatoms. The van der Waals surface area contributed by atoms with E-state index in [4.69, 9.17) is 9.47 Å². The van der Waals surface area contributed by atoms with Crippen molar-refractivity contribution in [3.63, 3.8) is 0 Å². The Morgan fingerprint density at radius 1 is 0.788 bits per heavy atom. The molecule has 0 aliphatic carbocycles. The molecule has 4 rings (SSSR count). The molecule has 0 saturated carbocycles. The van der Waals surface area contributed by atoms with Crippen LogP contribution in [0.15, 0.2) is 79.1 Å². The SMILES string of the molecule is COc1cc(NC(=O)c2cccc(Nc3ncc(-c4ccc(C)cc4)cn3)c2)cc(OC)c1. The van der Waals surface area contributed by atoms with E-state index in [0.29, 0.717) is 34.4 Å². The average Bonchev–Trinajstić information content (AvgIpc) is 2.85. The van der Waals surface area contributed by atoms with E-state index in [9.17, 15) is 4.79 Å². The van der Waals surface area contributed by atoms with E-state index in [-0.39, 0.29) is 5.91 Å². The fourth-order valence-electron chi connectivity index (χ4n) is 3.24. The Bertz CT molecular complexity index is 1230. The van der Waals surface area contributed by atoms with Gasteiger partial charge in [0.15, 0.2) is 0 Å². The first-order valence-electron chi connectivity index (χ1n) is 10.3. The molecule has 4 aromatic rings. The molecule has 3 aromatic carbocycles. The number of ether oxygens (including phenoxy) is 2. The molecule has 0 saturated heterocycles. The van der Waals surface area contributed by atoms with Gasteiger partial charge in [0.1, 0.15) is 11.5 Å². The maximum absolute atomic E-state index is 12.8. The lowest BCUT2D eigenvalue weighted by Crippen LogP contribution is -2.12. The zero-order chi connectivity index (χ0) is 23.2. The Labute approximate surface area is 192 Å². The van der Waals surface area contributed by atoms with E-state index in [2.05, 4.69) is 39.7 Å². The zero-order valence-electron chi connectivity index (χ0n) is 18.6. The second kappa shape index (κ2) is 9.82. The quantitative estimate of drug-likeness (QED) is 0.397. The summed E-state index contributed by atoms with van der Waals surface area (Å²) >= 11 is 0. The lowest BCUT2D eigenvalue weighted by atomic mass is 10.1. The summed E-state index contributed by atoms with van der Waals surface area (Å²) in [5, 5.41) is 6.02. The second-order valence-corrected chi connectivity index (χ2v) is 7.42. The monoisotopic (exact) mass is 440 g/mol. The third-order valence-corrected chi connectivity index (χ3v) is 5.03. The molecule has 0 atom stereocenters. The highest BCUT2D eigenvalue weighted by Gasteiger charge is 2.10. The molecule has 0 unspecified atom stereocenters. The van der Waals surface area contributed by atoms with Crippen LogP contribution < -0.4 is 20.1 Å². The van der Waals surface area contributed by atoms with Crippen molar-refractivity contribution in [2.24, 2.45) is 0 Å². The van der Waals surface area contributed by atoms with Crippen molar-refractivity contribution < 1.29 is 14.3 Å².